The van der Waals surface area contributed by atoms with Gasteiger partial charge in [0.05, 0.1) is 4.83 Å². The van der Waals surface area contributed by atoms with Crippen molar-refractivity contribution in [1.29, 1.82) is 0 Å². The summed E-state index contributed by atoms with van der Waals surface area (Å²) in [4.78, 5) is 0.268. The van der Waals surface area contributed by atoms with Gasteiger partial charge in [-0.2, -0.15) is 0 Å². The number of hydrogen-bond donors (Lipinski definition) is 0. The third-order valence-electron chi connectivity index (χ3n) is 3.58. The maximum atomic E-state index is 3.90. The monoisotopic (exact) mass is 330 g/mol. The lowest BCUT2D eigenvalue weighted by molar-refractivity contribution is 1.13. The molecule has 0 fully saturated rings. The van der Waals surface area contributed by atoms with Gasteiger partial charge in [-0.1, -0.05) is 52.3 Å². The Morgan fingerprint density at radius 1 is 0.947 bits per heavy atom. The number of rotatable bonds is 2. The molecule has 1 aromatic heterocycles. The fraction of sp³-hybridized carbons (Fsp3) is 0.176. The van der Waals surface area contributed by atoms with E-state index in [0.717, 1.165) is 0 Å². The molecule has 0 aliphatic carbocycles. The van der Waals surface area contributed by atoms with Crippen molar-refractivity contribution in [3.8, 4) is 0 Å². The Bertz CT molecular complexity index is 707. The third-order valence-corrected chi connectivity index (χ3v) is 5.51. The molecule has 96 valence electrons. The maximum absolute atomic E-state index is 3.90. The van der Waals surface area contributed by atoms with Crippen LogP contribution in [0, 0.1) is 13.8 Å². The zero-order chi connectivity index (χ0) is 13.4. The van der Waals surface area contributed by atoms with Gasteiger partial charge in [-0.25, -0.2) is 0 Å². The Labute approximate surface area is 126 Å². The first kappa shape index (κ1) is 12.9. The van der Waals surface area contributed by atoms with E-state index in [0.29, 0.717) is 0 Å². The van der Waals surface area contributed by atoms with Crippen LogP contribution in [-0.4, -0.2) is 0 Å². The summed E-state index contributed by atoms with van der Waals surface area (Å²) in [5.74, 6) is 0. The van der Waals surface area contributed by atoms with E-state index in [1.807, 2.05) is 11.3 Å². The quantitative estimate of drug-likeness (QED) is 0.505. The van der Waals surface area contributed by atoms with Gasteiger partial charge in [0, 0.05) is 4.70 Å². The van der Waals surface area contributed by atoms with E-state index in [-0.39, 0.29) is 4.83 Å². The van der Waals surface area contributed by atoms with Crippen molar-refractivity contribution < 1.29 is 0 Å². The predicted molar refractivity (Wildman–Crippen MR) is 88.5 cm³/mol. The second-order valence-electron chi connectivity index (χ2n) is 4.86. The number of hydrogen-bond acceptors (Lipinski definition) is 1. The Morgan fingerprint density at radius 2 is 1.63 bits per heavy atom. The van der Waals surface area contributed by atoms with Crippen LogP contribution < -0.4 is 0 Å². The second-order valence-corrected chi connectivity index (χ2v) is 6.68. The van der Waals surface area contributed by atoms with E-state index in [2.05, 4.69) is 77.6 Å². The number of benzene rings is 2. The molecule has 19 heavy (non-hydrogen) atoms. The minimum atomic E-state index is 0.268. The number of halogens is 1. The molecule has 2 aromatic carbocycles. The van der Waals surface area contributed by atoms with Crippen molar-refractivity contribution in [3.63, 3.8) is 0 Å². The summed E-state index contributed by atoms with van der Waals surface area (Å²) in [6.45, 7) is 4.37. The highest BCUT2D eigenvalue weighted by Crippen LogP contribution is 2.40. The molecular weight excluding hydrogens is 316 g/mol. The van der Waals surface area contributed by atoms with Crippen molar-refractivity contribution in [1.82, 2.24) is 0 Å². The lowest BCUT2D eigenvalue weighted by Gasteiger charge is -2.15. The minimum Gasteiger partial charge on any atom is -0.143 e. The Balaban J connectivity index is 2.16. The van der Waals surface area contributed by atoms with E-state index in [1.165, 1.54) is 32.3 Å². The van der Waals surface area contributed by atoms with E-state index in [4.69, 9.17) is 0 Å². The average Bonchev–Trinajstić information content (AvgIpc) is 2.82. The van der Waals surface area contributed by atoms with Crippen LogP contribution >= 0.6 is 27.3 Å². The molecule has 3 aromatic rings. The molecule has 0 bridgehead atoms. The molecule has 0 saturated carbocycles. The minimum absolute atomic E-state index is 0.268. The van der Waals surface area contributed by atoms with Crippen molar-refractivity contribution in [2.75, 3.05) is 0 Å². The number of thiophene rings is 1. The molecule has 0 N–H and O–H groups in total. The van der Waals surface area contributed by atoms with Crippen molar-refractivity contribution >= 4 is 37.4 Å². The van der Waals surface area contributed by atoms with Crippen molar-refractivity contribution in [3.05, 3.63) is 70.1 Å². The second kappa shape index (κ2) is 5.10. The van der Waals surface area contributed by atoms with Crippen LogP contribution in [0.4, 0.5) is 0 Å². The molecule has 0 radical (unpaired) electrons. The Morgan fingerprint density at radius 3 is 2.37 bits per heavy atom. The molecule has 1 heterocycles. The largest absolute Gasteiger partial charge is 0.143 e. The topological polar surface area (TPSA) is 0 Å². The van der Waals surface area contributed by atoms with Gasteiger partial charge in [-0.15, -0.1) is 11.3 Å². The molecule has 0 saturated heterocycles. The Hall–Kier alpha value is -1.12. The highest BCUT2D eigenvalue weighted by Gasteiger charge is 2.18. The van der Waals surface area contributed by atoms with E-state index in [1.54, 1.807) is 0 Å². The fourth-order valence-corrected chi connectivity index (χ4v) is 4.84. The van der Waals surface area contributed by atoms with E-state index < -0.39 is 0 Å². The van der Waals surface area contributed by atoms with Crippen LogP contribution in [0.1, 0.15) is 27.1 Å². The summed E-state index contributed by atoms with van der Waals surface area (Å²) in [7, 11) is 0. The first-order valence-electron chi connectivity index (χ1n) is 6.35. The van der Waals surface area contributed by atoms with Crippen LogP contribution in [0.15, 0.2) is 47.8 Å². The molecule has 3 rings (SSSR count). The molecule has 0 aliphatic rings. The Kier molecular flexibility index (Phi) is 3.46. The lowest BCUT2D eigenvalue weighted by atomic mass is 9.96. The molecule has 0 aliphatic heterocycles. The summed E-state index contributed by atoms with van der Waals surface area (Å²) in [6, 6.07) is 15.1. The maximum Gasteiger partial charge on any atom is 0.0663 e. The summed E-state index contributed by atoms with van der Waals surface area (Å²) in [5, 5.41) is 3.63. The van der Waals surface area contributed by atoms with Gasteiger partial charge < -0.3 is 0 Å². The van der Waals surface area contributed by atoms with Gasteiger partial charge in [0.2, 0.25) is 0 Å². The van der Waals surface area contributed by atoms with Gasteiger partial charge in [-0.05, 0) is 52.9 Å². The van der Waals surface area contributed by atoms with Crippen LogP contribution in [0.2, 0.25) is 0 Å². The molecular formula is C17H15BrS. The van der Waals surface area contributed by atoms with Crippen molar-refractivity contribution in [2.45, 2.75) is 18.7 Å². The van der Waals surface area contributed by atoms with Crippen LogP contribution in [-0.2, 0) is 0 Å². The van der Waals surface area contributed by atoms with Gasteiger partial charge in [0.1, 0.15) is 0 Å². The SMILES string of the molecule is Cc1cccc(C)c1C(Br)c1csc2ccccc12. The predicted octanol–water partition coefficient (Wildman–Crippen LogP) is 6.00. The van der Waals surface area contributed by atoms with E-state index in [9.17, 15) is 0 Å². The lowest BCUT2D eigenvalue weighted by Crippen LogP contribution is -1.98. The molecule has 2 heteroatoms. The zero-order valence-electron chi connectivity index (χ0n) is 11.0. The number of alkyl halides is 1. The zero-order valence-corrected chi connectivity index (χ0v) is 13.4. The average molecular weight is 331 g/mol. The number of aryl methyl sites for hydroxylation is 2. The summed E-state index contributed by atoms with van der Waals surface area (Å²) in [6.07, 6.45) is 0. The molecule has 1 unspecified atom stereocenters. The molecule has 1 atom stereocenters. The van der Waals surface area contributed by atoms with Crippen LogP contribution in [0.5, 0.6) is 0 Å². The third kappa shape index (κ3) is 2.24. The van der Waals surface area contributed by atoms with Crippen LogP contribution in [0.25, 0.3) is 10.1 Å². The van der Waals surface area contributed by atoms with Crippen molar-refractivity contribution in [2.24, 2.45) is 0 Å². The molecule has 0 amide bonds. The van der Waals surface area contributed by atoms with Gasteiger partial charge in [0.15, 0.2) is 0 Å². The molecule has 0 spiro atoms. The van der Waals surface area contributed by atoms with Crippen LogP contribution in [0.3, 0.4) is 0 Å². The number of fused-ring (bicyclic) bond motifs is 1. The van der Waals surface area contributed by atoms with Gasteiger partial charge in [-0.3, -0.25) is 0 Å². The summed E-state index contributed by atoms with van der Waals surface area (Å²) < 4.78 is 1.35. The van der Waals surface area contributed by atoms with E-state index >= 15 is 0 Å². The standard InChI is InChI=1S/C17H15BrS/c1-11-6-5-7-12(2)16(11)17(18)14-10-19-15-9-4-3-8-13(14)15/h3-10,17H,1-2H3. The summed E-state index contributed by atoms with van der Waals surface area (Å²) >= 11 is 5.72. The highest BCUT2D eigenvalue weighted by molar-refractivity contribution is 9.09. The normalized spacial score (nSPS) is 12.8. The smallest absolute Gasteiger partial charge is 0.0663 e. The fourth-order valence-electron chi connectivity index (χ4n) is 2.58. The van der Waals surface area contributed by atoms with Gasteiger partial charge >= 0.3 is 0 Å². The first-order valence-corrected chi connectivity index (χ1v) is 8.14. The highest BCUT2D eigenvalue weighted by atomic mass is 79.9. The first-order chi connectivity index (χ1) is 9.18. The van der Waals surface area contributed by atoms with Gasteiger partial charge in [0.25, 0.3) is 0 Å². The summed E-state index contributed by atoms with van der Waals surface area (Å²) in [5.41, 5.74) is 5.46. The molecule has 0 nitrogen and oxygen atoms in total.